The molecule has 0 bridgehead atoms. The molecule has 0 aromatic carbocycles. The van der Waals surface area contributed by atoms with Crippen LogP contribution in [0, 0.1) is 5.92 Å². The van der Waals surface area contributed by atoms with Crippen LogP contribution in [0.15, 0.2) is 42.3 Å². The van der Waals surface area contributed by atoms with Gasteiger partial charge in [0, 0.05) is 18.5 Å². The number of aromatic amines is 1. The summed E-state index contributed by atoms with van der Waals surface area (Å²) < 4.78 is 5.89. The highest BCUT2D eigenvalue weighted by Gasteiger charge is 2.32. The van der Waals surface area contributed by atoms with Crippen molar-refractivity contribution in [3.05, 3.63) is 48.0 Å². The van der Waals surface area contributed by atoms with E-state index < -0.39 is 0 Å². The minimum absolute atomic E-state index is 0.237. The molecule has 1 aliphatic heterocycles. The lowest BCUT2D eigenvalue weighted by atomic mass is 9.95. The van der Waals surface area contributed by atoms with Gasteiger partial charge in [-0.25, -0.2) is 0 Å². The normalized spacial score (nSPS) is 29.6. The fourth-order valence-electron chi connectivity index (χ4n) is 2.21. The van der Waals surface area contributed by atoms with Crippen LogP contribution in [0.25, 0.3) is 0 Å². The van der Waals surface area contributed by atoms with Crippen molar-refractivity contribution in [2.45, 2.75) is 18.9 Å². The van der Waals surface area contributed by atoms with Gasteiger partial charge in [-0.05, 0) is 24.6 Å². The summed E-state index contributed by atoms with van der Waals surface area (Å²) in [6.45, 7) is 0. The van der Waals surface area contributed by atoms with E-state index in [2.05, 4.69) is 29.3 Å². The molecule has 72 valence electrons. The van der Waals surface area contributed by atoms with Crippen molar-refractivity contribution in [1.82, 2.24) is 4.98 Å². The van der Waals surface area contributed by atoms with Crippen LogP contribution in [0.2, 0.25) is 0 Å². The van der Waals surface area contributed by atoms with Gasteiger partial charge in [-0.3, -0.25) is 0 Å². The molecular weight excluding hydrogens is 174 g/mol. The Morgan fingerprint density at radius 1 is 1.43 bits per heavy atom. The van der Waals surface area contributed by atoms with Gasteiger partial charge in [0.05, 0.1) is 5.69 Å². The van der Waals surface area contributed by atoms with Gasteiger partial charge >= 0.3 is 0 Å². The Balaban J connectivity index is 1.83. The van der Waals surface area contributed by atoms with Gasteiger partial charge in [-0.15, -0.1) is 0 Å². The number of allylic oxidation sites excluding steroid dienone is 4. The third kappa shape index (κ3) is 1.18. The fourth-order valence-corrected chi connectivity index (χ4v) is 2.21. The molecule has 0 radical (unpaired) electrons. The van der Waals surface area contributed by atoms with Crippen LogP contribution in [0.1, 0.15) is 24.6 Å². The number of nitrogens with one attached hydrogen (secondary N) is 1. The molecule has 1 fully saturated rings. The monoisotopic (exact) mass is 187 g/mol. The van der Waals surface area contributed by atoms with Gasteiger partial charge in [0.2, 0.25) is 0 Å². The first-order valence-electron chi connectivity index (χ1n) is 5.10. The molecule has 2 heteroatoms. The van der Waals surface area contributed by atoms with Crippen molar-refractivity contribution in [1.29, 1.82) is 0 Å². The van der Waals surface area contributed by atoms with E-state index in [0.717, 1.165) is 18.6 Å². The maximum absolute atomic E-state index is 5.89. The highest BCUT2D eigenvalue weighted by Crippen LogP contribution is 2.41. The van der Waals surface area contributed by atoms with Crippen molar-refractivity contribution >= 4 is 0 Å². The number of aromatic nitrogens is 1. The lowest BCUT2D eigenvalue weighted by Gasteiger charge is -2.09. The number of rotatable bonds is 1. The van der Waals surface area contributed by atoms with Crippen LogP contribution in [0.5, 0.6) is 0 Å². The van der Waals surface area contributed by atoms with Crippen LogP contribution in [0.4, 0.5) is 0 Å². The van der Waals surface area contributed by atoms with Crippen molar-refractivity contribution in [2.75, 3.05) is 0 Å². The maximum Gasteiger partial charge on any atom is 0.139 e. The molecule has 1 aromatic rings. The van der Waals surface area contributed by atoms with Gasteiger partial charge in [0.1, 0.15) is 11.9 Å². The standard InChI is InChI=1S/C12H13NO/c1-2-6-11-9(4-1)8-12(14-11)10-5-3-7-13-10/h1-3,5-7,9,12-13H,4,8H2. The Morgan fingerprint density at radius 3 is 3.21 bits per heavy atom. The first kappa shape index (κ1) is 7.92. The van der Waals surface area contributed by atoms with E-state index in [-0.39, 0.29) is 6.10 Å². The minimum Gasteiger partial charge on any atom is -0.488 e. The molecule has 0 spiro atoms. The first-order valence-corrected chi connectivity index (χ1v) is 5.10. The lowest BCUT2D eigenvalue weighted by molar-refractivity contribution is 0.158. The number of ether oxygens (including phenoxy) is 1. The second-order valence-electron chi connectivity index (χ2n) is 3.90. The Bertz CT molecular complexity index is 375. The number of H-pyrrole nitrogens is 1. The van der Waals surface area contributed by atoms with Gasteiger partial charge < -0.3 is 9.72 Å². The predicted octanol–water partition coefficient (Wildman–Crippen LogP) is 2.94. The highest BCUT2D eigenvalue weighted by molar-refractivity contribution is 5.22. The molecule has 1 aliphatic carbocycles. The van der Waals surface area contributed by atoms with E-state index in [1.54, 1.807) is 0 Å². The Kier molecular flexibility index (Phi) is 1.72. The smallest absolute Gasteiger partial charge is 0.139 e. The van der Waals surface area contributed by atoms with Crippen LogP contribution in [-0.4, -0.2) is 4.98 Å². The summed E-state index contributed by atoms with van der Waals surface area (Å²) in [5, 5.41) is 0. The average Bonchev–Trinajstić information content (AvgIpc) is 2.86. The number of fused-ring (bicyclic) bond motifs is 1. The van der Waals surface area contributed by atoms with Gasteiger partial charge in [-0.2, -0.15) is 0 Å². The summed E-state index contributed by atoms with van der Waals surface area (Å²) in [7, 11) is 0. The average molecular weight is 187 g/mol. The number of hydrogen-bond donors (Lipinski definition) is 1. The van der Waals surface area contributed by atoms with E-state index >= 15 is 0 Å². The van der Waals surface area contributed by atoms with E-state index in [9.17, 15) is 0 Å². The predicted molar refractivity (Wildman–Crippen MR) is 54.6 cm³/mol. The zero-order valence-electron chi connectivity index (χ0n) is 7.94. The van der Waals surface area contributed by atoms with Crippen molar-refractivity contribution < 1.29 is 4.74 Å². The Hall–Kier alpha value is -1.44. The molecular formula is C12H13NO. The molecule has 2 heterocycles. The second-order valence-corrected chi connectivity index (χ2v) is 3.90. The first-order chi connectivity index (χ1) is 6.93. The lowest BCUT2D eigenvalue weighted by Crippen LogP contribution is -1.98. The SMILES string of the molecule is C1=CCC2CC(c3ccc[nH]3)OC2=C1. The molecule has 1 N–H and O–H groups in total. The van der Waals surface area contributed by atoms with Crippen molar-refractivity contribution in [3.8, 4) is 0 Å². The summed E-state index contributed by atoms with van der Waals surface area (Å²) >= 11 is 0. The molecule has 1 saturated heterocycles. The van der Waals surface area contributed by atoms with Crippen LogP contribution in [0.3, 0.4) is 0 Å². The highest BCUT2D eigenvalue weighted by atomic mass is 16.5. The fraction of sp³-hybridized carbons (Fsp3) is 0.333. The molecule has 0 saturated carbocycles. The Morgan fingerprint density at radius 2 is 2.43 bits per heavy atom. The van der Waals surface area contributed by atoms with Crippen molar-refractivity contribution in [3.63, 3.8) is 0 Å². The minimum atomic E-state index is 0.237. The largest absolute Gasteiger partial charge is 0.488 e. The van der Waals surface area contributed by atoms with Gasteiger partial charge in [0.15, 0.2) is 0 Å². The van der Waals surface area contributed by atoms with Gasteiger partial charge in [0.25, 0.3) is 0 Å². The zero-order valence-corrected chi connectivity index (χ0v) is 7.94. The van der Waals surface area contributed by atoms with Crippen LogP contribution >= 0.6 is 0 Å². The summed E-state index contributed by atoms with van der Waals surface area (Å²) in [4.78, 5) is 3.22. The second kappa shape index (κ2) is 3.05. The molecule has 14 heavy (non-hydrogen) atoms. The van der Waals surface area contributed by atoms with E-state index in [1.165, 1.54) is 5.69 Å². The molecule has 2 atom stereocenters. The summed E-state index contributed by atoms with van der Waals surface area (Å²) in [5.41, 5.74) is 1.19. The number of hydrogen-bond acceptors (Lipinski definition) is 1. The molecule has 2 nitrogen and oxygen atoms in total. The quantitative estimate of drug-likeness (QED) is 0.718. The molecule has 0 amide bonds. The Labute approximate surface area is 83.3 Å². The molecule has 3 rings (SSSR count). The molecule has 2 unspecified atom stereocenters. The van der Waals surface area contributed by atoms with Crippen LogP contribution in [-0.2, 0) is 4.74 Å². The summed E-state index contributed by atoms with van der Waals surface area (Å²) in [6.07, 6.45) is 10.8. The molecule has 1 aromatic heterocycles. The maximum atomic E-state index is 5.89. The summed E-state index contributed by atoms with van der Waals surface area (Å²) in [5.74, 6) is 1.76. The summed E-state index contributed by atoms with van der Waals surface area (Å²) in [6, 6.07) is 4.11. The van der Waals surface area contributed by atoms with Crippen LogP contribution < -0.4 is 0 Å². The van der Waals surface area contributed by atoms with E-state index in [1.807, 2.05) is 12.3 Å². The van der Waals surface area contributed by atoms with E-state index in [4.69, 9.17) is 4.74 Å². The third-order valence-corrected chi connectivity index (χ3v) is 2.97. The molecule has 2 aliphatic rings. The van der Waals surface area contributed by atoms with Gasteiger partial charge in [-0.1, -0.05) is 12.2 Å². The van der Waals surface area contributed by atoms with E-state index in [0.29, 0.717) is 5.92 Å². The topological polar surface area (TPSA) is 25.0 Å². The van der Waals surface area contributed by atoms with Crippen molar-refractivity contribution in [2.24, 2.45) is 5.92 Å². The zero-order chi connectivity index (χ0) is 9.38. The third-order valence-electron chi connectivity index (χ3n) is 2.97.